The van der Waals surface area contributed by atoms with E-state index in [2.05, 4.69) is 20.6 Å². The first-order chi connectivity index (χ1) is 15.9. The summed E-state index contributed by atoms with van der Waals surface area (Å²) >= 11 is 7.42. The molecule has 1 aliphatic heterocycles. The first-order valence-electron chi connectivity index (χ1n) is 10.8. The van der Waals surface area contributed by atoms with Crippen molar-refractivity contribution in [3.63, 3.8) is 0 Å². The van der Waals surface area contributed by atoms with Crippen LogP contribution in [0.5, 0.6) is 0 Å². The van der Waals surface area contributed by atoms with Gasteiger partial charge in [-0.15, -0.1) is 0 Å². The molecule has 0 bridgehead atoms. The van der Waals surface area contributed by atoms with Crippen molar-refractivity contribution in [3.8, 4) is 0 Å². The first-order valence-corrected chi connectivity index (χ1v) is 12.0. The molecule has 11 heteroatoms. The van der Waals surface area contributed by atoms with E-state index in [-0.39, 0.29) is 29.8 Å². The molecule has 1 atom stereocenters. The van der Waals surface area contributed by atoms with Crippen LogP contribution in [0.25, 0.3) is 10.3 Å². The van der Waals surface area contributed by atoms with E-state index in [0.717, 1.165) is 24.9 Å². The van der Waals surface area contributed by atoms with Gasteiger partial charge in [-0.25, -0.2) is 4.98 Å². The van der Waals surface area contributed by atoms with Crippen LogP contribution >= 0.6 is 22.9 Å². The van der Waals surface area contributed by atoms with Crippen molar-refractivity contribution in [1.29, 1.82) is 0 Å². The number of anilines is 2. The van der Waals surface area contributed by atoms with Crippen LogP contribution in [0.4, 0.5) is 10.8 Å². The second kappa shape index (κ2) is 9.88. The minimum atomic E-state index is -0.380. The molecule has 1 fully saturated rings. The van der Waals surface area contributed by atoms with Crippen molar-refractivity contribution in [2.24, 2.45) is 5.92 Å². The van der Waals surface area contributed by atoms with Crippen LogP contribution in [-0.2, 0) is 16.1 Å². The predicted molar refractivity (Wildman–Crippen MR) is 130 cm³/mol. The molecule has 2 aromatic heterocycles. The lowest BCUT2D eigenvalue weighted by molar-refractivity contribution is -0.125. The van der Waals surface area contributed by atoms with E-state index in [4.69, 9.17) is 11.6 Å². The van der Waals surface area contributed by atoms with E-state index in [1.54, 1.807) is 12.1 Å². The zero-order valence-electron chi connectivity index (χ0n) is 18.4. The summed E-state index contributed by atoms with van der Waals surface area (Å²) in [6.45, 7) is 5.54. The van der Waals surface area contributed by atoms with Crippen LogP contribution in [0, 0.1) is 12.8 Å². The maximum absolute atomic E-state index is 13.0. The number of nitrogens with one attached hydrogen (secondary N) is 2. The number of hydrogen-bond donors (Lipinski definition) is 2. The number of nitrogens with zero attached hydrogens (tertiary/aromatic N) is 4. The Kier molecular flexibility index (Phi) is 6.94. The Hall–Kier alpha value is -2.98. The second-order valence-electron chi connectivity index (χ2n) is 8.04. The van der Waals surface area contributed by atoms with E-state index < -0.39 is 0 Å². The van der Waals surface area contributed by atoms with Crippen LogP contribution in [0.1, 0.15) is 25.3 Å². The molecule has 33 heavy (non-hydrogen) atoms. The summed E-state index contributed by atoms with van der Waals surface area (Å²) < 4.78 is 1.64. The molecule has 4 rings (SSSR count). The quantitative estimate of drug-likeness (QED) is 0.552. The molecule has 0 radical (unpaired) electrons. The van der Waals surface area contributed by atoms with Gasteiger partial charge >= 0.3 is 0 Å². The molecule has 1 aliphatic rings. The highest BCUT2D eigenvalue weighted by Crippen LogP contribution is 2.29. The lowest BCUT2D eigenvalue weighted by atomic mass is 9.97. The zero-order chi connectivity index (χ0) is 23.5. The highest BCUT2D eigenvalue weighted by Gasteiger charge is 2.27. The smallest absolute Gasteiger partial charge is 0.273 e. The zero-order valence-corrected chi connectivity index (χ0v) is 20.0. The Labute approximate surface area is 199 Å². The van der Waals surface area contributed by atoms with Gasteiger partial charge in [-0.1, -0.05) is 29.0 Å². The van der Waals surface area contributed by atoms with E-state index in [1.165, 1.54) is 22.2 Å². The summed E-state index contributed by atoms with van der Waals surface area (Å²) in [5, 5.41) is 6.70. The Balaban J connectivity index is 1.50. The second-order valence-corrected chi connectivity index (χ2v) is 9.42. The van der Waals surface area contributed by atoms with Gasteiger partial charge in [0.15, 0.2) is 10.8 Å². The van der Waals surface area contributed by atoms with Crippen LogP contribution in [0.2, 0.25) is 5.02 Å². The molecular formula is C22H25ClN6O3S. The van der Waals surface area contributed by atoms with Gasteiger partial charge in [-0.3, -0.25) is 19.0 Å². The number of rotatable bonds is 6. The number of benzene rings is 1. The van der Waals surface area contributed by atoms with Gasteiger partial charge < -0.3 is 15.5 Å². The van der Waals surface area contributed by atoms with Gasteiger partial charge in [0.2, 0.25) is 11.8 Å². The molecule has 0 saturated carbocycles. The highest BCUT2D eigenvalue weighted by molar-refractivity contribution is 7.22. The van der Waals surface area contributed by atoms with Crippen molar-refractivity contribution in [1.82, 2.24) is 19.9 Å². The maximum atomic E-state index is 13.0. The largest absolute Gasteiger partial charge is 0.356 e. The van der Waals surface area contributed by atoms with Crippen LogP contribution in [0.15, 0.2) is 29.3 Å². The summed E-state index contributed by atoms with van der Waals surface area (Å²) in [7, 11) is 0. The van der Waals surface area contributed by atoms with Crippen LogP contribution in [-0.4, -0.2) is 46.0 Å². The molecular weight excluding hydrogens is 464 g/mol. The summed E-state index contributed by atoms with van der Waals surface area (Å²) in [6, 6.07) is 5.33. The Morgan fingerprint density at radius 2 is 2.15 bits per heavy atom. The molecule has 0 aliphatic carbocycles. The SMILES string of the molecule is CCNC(=O)[C@@H]1CCCN(c2nc3ncn(CC(=O)Nc4ccc(C)cc4Cl)c(=O)c3s2)C1. The fraction of sp³-hybridized carbons (Fsp3) is 0.409. The molecule has 2 amide bonds. The molecule has 9 nitrogen and oxygen atoms in total. The molecule has 1 aromatic carbocycles. The number of halogens is 1. The van der Waals surface area contributed by atoms with E-state index in [0.29, 0.717) is 39.3 Å². The van der Waals surface area contributed by atoms with Gasteiger partial charge in [0.05, 0.1) is 16.6 Å². The number of hydrogen-bond acceptors (Lipinski definition) is 7. The monoisotopic (exact) mass is 488 g/mol. The summed E-state index contributed by atoms with van der Waals surface area (Å²) in [5.74, 6) is -0.439. The van der Waals surface area contributed by atoms with E-state index in [1.807, 2.05) is 24.8 Å². The van der Waals surface area contributed by atoms with Crippen molar-refractivity contribution < 1.29 is 9.59 Å². The Morgan fingerprint density at radius 3 is 2.91 bits per heavy atom. The number of carbonyl (C=O) groups is 2. The van der Waals surface area contributed by atoms with Gasteiger partial charge in [0.25, 0.3) is 5.56 Å². The third-order valence-corrected chi connectivity index (χ3v) is 6.90. The summed E-state index contributed by atoms with van der Waals surface area (Å²) in [4.78, 5) is 48.6. The van der Waals surface area contributed by atoms with Crippen molar-refractivity contribution in [2.45, 2.75) is 33.2 Å². The van der Waals surface area contributed by atoms with Crippen molar-refractivity contribution >= 4 is 55.9 Å². The van der Waals surface area contributed by atoms with Gasteiger partial charge in [-0.05, 0) is 44.4 Å². The molecule has 2 N–H and O–H groups in total. The lowest BCUT2D eigenvalue weighted by Crippen LogP contribution is -2.43. The topological polar surface area (TPSA) is 109 Å². The lowest BCUT2D eigenvalue weighted by Gasteiger charge is -2.31. The maximum Gasteiger partial charge on any atom is 0.273 e. The molecule has 3 heterocycles. The fourth-order valence-electron chi connectivity index (χ4n) is 3.83. The van der Waals surface area contributed by atoms with Gasteiger partial charge in [0.1, 0.15) is 17.6 Å². The molecule has 0 spiro atoms. The normalized spacial score (nSPS) is 16.1. The molecule has 1 saturated heterocycles. The average molecular weight is 489 g/mol. The fourth-order valence-corrected chi connectivity index (χ4v) is 5.12. The van der Waals surface area contributed by atoms with E-state index in [9.17, 15) is 14.4 Å². The van der Waals surface area contributed by atoms with E-state index >= 15 is 0 Å². The number of aryl methyl sites for hydroxylation is 1. The standard InChI is InChI=1S/C22H25ClN6O3S/c1-3-24-20(31)14-5-4-8-28(10-14)22-27-19-18(33-22)21(32)29(12-25-19)11-17(30)26-16-7-6-13(2)9-15(16)23/h6-7,9,12,14H,3-5,8,10-11H2,1-2H3,(H,24,31)(H,26,30)/t14-/m1/s1. The third-order valence-electron chi connectivity index (χ3n) is 5.50. The van der Waals surface area contributed by atoms with Crippen LogP contribution < -0.4 is 21.1 Å². The predicted octanol–water partition coefficient (Wildman–Crippen LogP) is 2.81. The Morgan fingerprint density at radius 1 is 1.33 bits per heavy atom. The minimum Gasteiger partial charge on any atom is -0.356 e. The van der Waals surface area contributed by atoms with Crippen LogP contribution in [0.3, 0.4) is 0 Å². The number of thiazole rings is 1. The minimum absolute atomic E-state index is 0.0449. The first kappa shape index (κ1) is 23.2. The van der Waals surface area contributed by atoms with Crippen molar-refractivity contribution in [2.75, 3.05) is 29.9 Å². The average Bonchev–Trinajstić information content (AvgIpc) is 3.23. The third kappa shape index (κ3) is 5.17. The number of amides is 2. The number of piperidine rings is 1. The number of aromatic nitrogens is 3. The summed E-state index contributed by atoms with van der Waals surface area (Å²) in [6.07, 6.45) is 3.04. The van der Waals surface area contributed by atoms with Crippen molar-refractivity contribution in [3.05, 3.63) is 45.5 Å². The number of fused-ring (bicyclic) bond motifs is 1. The molecule has 3 aromatic rings. The van der Waals surface area contributed by atoms with Gasteiger partial charge in [0, 0.05) is 19.6 Å². The number of carbonyl (C=O) groups excluding carboxylic acids is 2. The molecule has 0 unspecified atom stereocenters. The Bertz CT molecular complexity index is 1260. The van der Waals surface area contributed by atoms with Gasteiger partial charge in [-0.2, -0.15) is 4.98 Å². The molecule has 174 valence electrons. The highest BCUT2D eigenvalue weighted by atomic mass is 35.5. The summed E-state index contributed by atoms with van der Waals surface area (Å²) in [5.41, 5.74) is 1.49.